The molecule has 4 amide bonds. The Balaban J connectivity index is 1.46. The first-order chi connectivity index (χ1) is 23.6. The highest BCUT2D eigenvalue weighted by molar-refractivity contribution is 6.00. The summed E-state index contributed by atoms with van der Waals surface area (Å²) in [4.78, 5) is 53.7. The third kappa shape index (κ3) is 12.9. The van der Waals surface area contributed by atoms with Gasteiger partial charge in [-0.3, -0.25) is 19.2 Å². The van der Waals surface area contributed by atoms with E-state index in [0.29, 0.717) is 37.3 Å². The third-order valence-electron chi connectivity index (χ3n) is 7.70. The summed E-state index contributed by atoms with van der Waals surface area (Å²) in [6.07, 6.45) is 0.549. The molecule has 0 bridgehead atoms. The second kappa shape index (κ2) is 18.2. The molecule has 0 radical (unpaired) electrons. The van der Waals surface area contributed by atoms with Crippen molar-refractivity contribution < 1.29 is 23.9 Å². The average Bonchev–Trinajstić information content (AvgIpc) is 3.11. The summed E-state index contributed by atoms with van der Waals surface area (Å²) >= 11 is 0. The number of carbonyl (C=O) groups excluding carboxylic acids is 4. The van der Waals surface area contributed by atoms with Gasteiger partial charge in [-0.15, -0.1) is 0 Å². The van der Waals surface area contributed by atoms with E-state index in [9.17, 15) is 19.2 Å². The van der Waals surface area contributed by atoms with Crippen LogP contribution in [0.25, 0.3) is 0 Å². The van der Waals surface area contributed by atoms with Crippen LogP contribution in [-0.4, -0.2) is 42.3 Å². The lowest BCUT2D eigenvalue weighted by Crippen LogP contribution is -2.55. The Morgan fingerprint density at radius 1 is 0.633 bits per heavy atom. The molecule has 4 N–H and O–H groups in total. The number of amides is 4. The summed E-state index contributed by atoms with van der Waals surface area (Å²) in [5.41, 5.74) is 3.06. The van der Waals surface area contributed by atoms with E-state index in [1.165, 1.54) is 0 Å². The van der Waals surface area contributed by atoms with Crippen molar-refractivity contribution in [3.05, 3.63) is 138 Å². The van der Waals surface area contributed by atoms with Crippen LogP contribution in [0.15, 0.2) is 115 Å². The van der Waals surface area contributed by atoms with Gasteiger partial charge in [0.1, 0.15) is 24.4 Å². The van der Waals surface area contributed by atoms with Crippen molar-refractivity contribution in [2.45, 2.75) is 65.3 Å². The van der Waals surface area contributed by atoms with Crippen molar-refractivity contribution in [2.75, 3.05) is 6.54 Å². The largest absolute Gasteiger partial charge is 0.489 e. The van der Waals surface area contributed by atoms with Crippen LogP contribution in [-0.2, 0) is 34.0 Å². The highest BCUT2D eigenvalue weighted by Gasteiger charge is 2.29. The SMILES string of the molecule is CC(C)(C)CNC(=O)C[C@H](NC(=O)c1ccc(OCc2ccccc2)cc1)C(=O)N[C@@H](CCc1ccccc1)C(=O)NCc1ccccc1. The Morgan fingerprint density at radius 3 is 1.80 bits per heavy atom. The van der Waals surface area contributed by atoms with Gasteiger partial charge in [-0.1, -0.05) is 112 Å². The zero-order valence-electron chi connectivity index (χ0n) is 28.4. The van der Waals surface area contributed by atoms with Gasteiger partial charge in [0.2, 0.25) is 17.7 Å². The van der Waals surface area contributed by atoms with Crippen molar-refractivity contribution in [3.63, 3.8) is 0 Å². The molecule has 0 aliphatic carbocycles. The van der Waals surface area contributed by atoms with Crippen LogP contribution < -0.4 is 26.0 Å². The maximum Gasteiger partial charge on any atom is 0.251 e. The van der Waals surface area contributed by atoms with E-state index in [0.717, 1.165) is 16.7 Å². The molecule has 0 heterocycles. The van der Waals surface area contributed by atoms with Crippen LogP contribution in [0.5, 0.6) is 5.75 Å². The molecule has 0 fully saturated rings. The summed E-state index contributed by atoms with van der Waals surface area (Å²) in [5, 5.41) is 11.3. The number of ether oxygens (including phenoxy) is 1. The number of hydrogen-bond donors (Lipinski definition) is 4. The molecule has 49 heavy (non-hydrogen) atoms. The van der Waals surface area contributed by atoms with Crippen LogP contribution in [0.1, 0.15) is 60.7 Å². The molecule has 9 heteroatoms. The average molecular weight is 663 g/mol. The molecular weight excluding hydrogens is 616 g/mol. The molecule has 4 aromatic carbocycles. The van der Waals surface area contributed by atoms with Crippen LogP contribution in [0, 0.1) is 5.41 Å². The lowest BCUT2D eigenvalue weighted by atomic mass is 9.97. The molecule has 0 saturated carbocycles. The summed E-state index contributed by atoms with van der Waals surface area (Å²) in [6, 6.07) is 33.3. The Bertz CT molecular complexity index is 1640. The summed E-state index contributed by atoms with van der Waals surface area (Å²) in [5.74, 6) is -1.34. The smallest absolute Gasteiger partial charge is 0.251 e. The third-order valence-corrected chi connectivity index (χ3v) is 7.70. The Kier molecular flexibility index (Phi) is 13.5. The highest BCUT2D eigenvalue weighted by Crippen LogP contribution is 2.15. The van der Waals surface area contributed by atoms with Crippen LogP contribution in [0.3, 0.4) is 0 Å². The van der Waals surface area contributed by atoms with Gasteiger partial charge in [0, 0.05) is 18.7 Å². The zero-order chi connectivity index (χ0) is 35.1. The predicted molar refractivity (Wildman–Crippen MR) is 191 cm³/mol. The molecule has 0 saturated heterocycles. The van der Waals surface area contributed by atoms with E-state index in [1.807, 2.05) is 112 Å². The standard InChI is InChI=1S/C40H46N4O5/c1-40(2,3)28-42-36(45)25-35(44-37(46)32-20-22-33(23-21-32)49-27-31-17-11-6-12-18-31)39(48)43-34(24-19-29-13-7-4-8-14-29)38(47)41-26-30-15-9-5-10-16-30/h4-18,20-23,34-35H,19,24-28H2,1-3H3,(H,41,47)(H,42,45)(H,43,48)(H,44,46)/t34-,35-/m0/s1. The van der Waals surface area contributed by atoms with Gasteiger partial charge in [-0.2, -0.15) is 0 Å². The topological polar surface area (TPSA) is 126 Å². The number of nitrogens with one attached hydrogen (secondary N) is 4. The molecule has 4 aromatic rings. The first-order valence-electron chi connectivity index (χ1n) is 16.6. The molecule has 0 aromatic heterocycles. The minimum absolute atomic E-state index is 0.180. The van der Waals surface area contributed by atoms with Crippen molar-refractivity contribution >= 4 is 23.6 Å². The normalized spacial score (nSPS) is 12.2. The minimum Gasteiger partial charge on any atom is -0.489 e. The molecule has 256 valence electrons. The molecule has 0 aliphatic rings. The minimum atomic E-state index is -1.23. The predicted octanol–water partition coefficient (Wildman–Crippen LogP) is 5.35. The summed E-state index contributed by atoms with van der Waals surface area (Å²) in [7, 11) is 0. The number of benzene rings is 4. The first kappa shape index (κ1) is 36.4. The lowest BCUT2D eigenvalue weighted by Gasteiger charge is -2.24. The molecule has 2 atom stereocenters. The fourth-order valence-electron chi connectivity index (χ4n) is 4.92. The van der Waals surface area contributed by atoms with Gasteiger partial charge in [-0.05, 0) is 59.2 Å². The van der Waals surface area contributed by atoms with Gasteiger partial charge in [0.25, 0.3) is 5.91 Å². The second-order valence-corrected chi connectivity index (χ2v) is 13.2. The fourth-order valence-corrected chi connectivity index (χ4v) is 4.92. The quantitative estimate of drug-likeness (QED) is 0.129. The number of hydrogen-bond acceptors (Lipinski definition) is 5. The van der Waals surface area contributed by atoms with Gasteiger partial charge in [-0.25, -0.2) is 0 Å². The van der Waals surface area contributed by atoms with Crippen molar-refractivity contribution in [1.29, 1.82) is 0 Å². The second-order valence-electron chi connectivity index (χ2n) is 13.2. The molecule has 0 spiro atoms. The van der Waals surface area contributed by atoms with E-state index in [4.69, 9.17) is 4.74 Å². The van der Waals surface area contributed by atoms with E-state index >= 15 is 0 Å². The Morgan fingerprint density at radius 2 is 1.20 bits per heavy atom. The van der Waals surface area contributed by atoms with Crippen LogP contribution in [0.4, 0.5) is 0 Å². The first-order valence-corrected chi connectivity index (χ1v) is 16.6. The molecular formula is C40H46N4O5. The van der Waals surface area contributed by atoms with E-state index in [1.54, 1.807) is 24.3 Å². The number of rotatable bonds is 16. The number of carbonyl (C=O) groups is 4. The van der Waals surface area contributed by atoms with E-state index in [-0.39, 0.29) is 24.3 Å². The van der Waals surface area contributed by atoms with Crippen LogP contribution in [0.2, 0.25) is 0 Å². The number of aryl methyl sites for hydroxylation is 1. The van der Waals surface area contributed by atoms with Crippen molar-refractivity contribution in [1.82, 2.24) is 21.3 Å². The van der Waals surface area contributed by atoms with Crippen molar-refractivity contribution in [3.8, 4) is 5.75 Å². The monoisotopic (exact) mass is 662 g/mol. The summed E-state index contributed by atoms with van der Waals surface area (Å²) in [6.45, 7) is 7.01. The van der Waals surface area contributed by atoms with Crippen LogP contribution >= 0.6 is 0 Å². The Hall–Kier alpha value is -5.44. The molecule has 0 aliphatic heterocycles. The fraction of sp³-hybridized carbons (Fsp3) is 0.300. The lowest BCUT2D eigenvalue weighted by molar-refractivity contribution is -0.131. The van der Waals surface area contributed by atoms with Gasteiger partial charge < -0.3 is 26.0 Å². The maximum atomic E-state index is 13.8. The zero-order valence-corrected chi connectivity index (χ0v) is 28.4. The molecule has 0 unspecified atom stereocenters. The molecule has 9 nitrogen and oxygen atoms in total. The summed E-state index contributed by atoms with van der Waals surface area (Å²) < 4.78 is 5.84. The van der Waals surface area contributed by atoms with Gasteiger partial charge >= 0.3 is 0 Å². The Labute approximate surface area is 288 Å². The van der Waals surface area contributed by atoms with Gasteiger partial charge in [0.15, 0.2) is 0 Å². The van der Waals surface area contributed by atoms with Crippen molar-refractivity contribution in [2.24, 2.45) is 5.41 Å². The molecule has 4 rings (SSSR count). The highest BCUT2D eigenvalue weighted by atomic mass is 16.5. The van der Waals surface area contributed by atoms with E-state index < -0.39 is 29.8 Å². The maximum absolute atomic E-state index is 13.8. The van der Waals surface area contributed by atoms with E-state index in [2.05, 4.69) is 21.3 Å². The van der Waals surface area contributed by atoms with Gasteiger partial charge in [0.05, 0.1) is 6.42 Å².